The maximum Gasteiger partial charge on any atom is 0.317 e. The predicted octanol–water partition coefficient (Wildman–Crippen LogP) is 1.19. The molecule has 0 radical (unpaired) electrons. The molecule has 20 heavy (non-hydrogen) atoms. The number of likely N-dealkylation sites (N-methyl/N-ethyl adjacent to an activating group) is 1. The van der Waals surface area contributed by atoms with Gasteiger partial charge in [-0.15, -0.1) is 0 Å². The lowest BCUT2D eigenvalue weighted by Crippen LogP contribution is -2.56. The molecule has 6 heteroatoms. The fourth-order valence-corrected chi connectivity index (χ4v) is 2.26. The molecule has 0 aromatic heterocycles. The van der Waals surface area contributed by atoms with Crippen molar-refractivity contribution in [3.63, 3.8) is 0 Å². The second kappa shape index (κ2) is 7.89. The molecule has 1 rings (SSSR count). The van der Waals surface area contributed by atoms with Crippen LogP contribution in [-0.4, -0.2) is 53.7 Å². The Hall–Kier alpha value is -1.56. The van der Waals surface area contributed by atoms with Gasteiger partial charge in [-0.2, -0.15) is 0 Å². The van der Waals surface area contributed by atoms with Crippen LogP contribution in [0.4, 0.5) is 4.79 Å². The summed E-state index contributed by atoms with van der Waals surface area (Å²) < 4.78 is 0. The molecule has 0 aromatic carbocycles. The number of hydrogen-bond donors (Lipinski definition) is 3. The monoisotopic (exact) mass is 283 g/mol. The number of rotatable bonds is 7. The summed E-state index contributed by atoms with van der Waals surface area (Å²) in [5, 5.41) is 14.5. The quantitative estimate of drug-likeness (QED) is 0.613. The summed E-state index contributed by atoms with van der Waals surface area (Å²) in [7, 11) is 0. The molecule has 0 saturated heterocycles. The number of carbonyl (C=O) groups excluding carboxylic acids is 1. The first kappa shape index (κ1) is 16.5. The molecule has 0 spiro atoms. The number of carboxylic acids is 1. The van der Waals surface area contributed by atoms with E-state index >= 15 is 0 Å². The standard InChI is InChI=1S/C14H25N3O3/c1-4-17(9-13(18)19)12-7-11(8-12)16-14(20)15-6-5-10(2)3/h5,11-12H,4,6-9H2,1-3H3,(H,18,19)(H2,15,16,20). The minimum absolute atomic E-state index is 0.0701. The van der Waals surface area contributed by atoms with Gasteiger partial charge in [0.15, 0.2) is 0 Å². The molecule has 1 aliphatic carbocycles. The Kier molecular flexibility index (Phi) is 6.51. The van der Waals surface area contributed by atoms with Crippen molar-refractivity contribution < 1.29 is 14.7 Å². The molecular formula is C14H25N3O3. The molecule has 0 atom stereocenters. The molecule has 0 aromatic rings. The van der Waals surface area contributed by atoms with E-state index in [1.165, 1.54) is 5.57 Å². The SMILES string of the molecule is CCN(CC(=O)O)C1CC(NC(=O)NCC=C(C)C)C1. The van der Waals surface area contributed by atoms with Gasteiger partial charge in [0.2, 0.25) is 0 Å². The molecule has 2 amide bonds. The number of carboxylic acid groups (broad SMARTS) is 1. The van der Waals surface area contributed by atoms with Crippen LogP contribution in [0.5, 0.6) is 0 Å². The molecular weight excluding hydrogens is 258 g/mol. The van der Waals surface area contributed by atoms with Crippen LogP contribution in [0.1, 0.15) is 33.6 Å². The van der Waals surface area contributed by atoms with Crippen LogP contribution < -0.4 is 10.6 Å². The largest absolute Gasteiger partial charge is 0.480 e. The highest BCUT2D eigenvalue weighted by Gasteiger charge is 2.34. The average Bonchev–Trinajstić information content (AvgIpc) is 2.30. The van der Waals surface area contributed by atoms with Crippen molar-refractivity contribution in [1.29, 1.82) is 0 Å². The van der Waals surface area contributed by atoms with Gasteiger partial charge in [-0.05, 0) is 33.2 Å². The fourth-order valence-electron chi connectivity index (χ4n) is 2.26. The maximum absolute atomic E-state index is 11.6. The van der Waals surface area contributed by atoms with Gasteiger partial charge in [-0.1, -0.05) is 18.6 Å². The number of allylic oxidation sites excluding steroid dienone is 1. The van der Waals surface area contributed by atoms with Crippen molar-refractivity contribution in [2.75, 3.05) is 19.6 Å². The van der Waals surface area contributed by atoms with E-state index < -0.39 is 5.97 Å². The first-order valence-corrected chi connectivity index (χ1v) is 7.06. The summed E-state index contributed by atoms with van der Waals surface area (Å²) in [4.78, 5) is 24.2. The molecule has 1 saturated carbocycles. The number of urea groups is 1. The average molecular weight is 283 g/mol. The van der Waals surface area contributed by atoms with E-state index in [0.29, 0.717) is 6.54 Å². The van der Waals surface area contributed by atoms with Crippen LogP contribution in [0.25, 0.3) is 0 Å². The summed E-state index contributed by atoms with van der Waals surface area (Å²) in [6.45, 7) is 7.24. The van der Waals surface area contributed by atoms with Crippen LogP contribution in [-0.2, 0) is 4.79 Å². The van der Waals surface area contributed by atoms with E-state index in [-0.39, 0.29) is 24.7 Å². The van der Waals surface area contributed by atoms with Crippen LogP contribution in [0.3, 0.4) is 0 Å². The van der Waals surface area contributed by atoms with Gasteiger partial charge in [0, 0.05) is 18.6 Å². The highest BCUT2D eigenvalue weighted by atomic mass is 16.4. The zero-order valence-corrected chi connectivity index (χ0v) is 12.5. The van der Waals surface area contributed by atoms with E-state index in [2.05, 4.69) is 10.6 Å². The van der Waals surface area contributed by atoms with Gasteiger partial charge in [-0.3, -0.25) is 9.69 Å². The van der Waals surface area contributed by atoms with E-state index in [1.807, 2.05) is 31.7 Å². The van der Waals surface area contributed by atoms with Crippen molar-refractivity contribution in [3.8, 4) is 0 Å². The van der Waals surface area contributed by atoms with E-state index in [9.17, 15) is 9.59 Å². The van der Waals surface area contributed by atoms with Crippen molar-refractivity contribution >= 4 is 12.0 Å². The van der Waals surface area contributed by atoms with E-state index in [4.69, 9.17) is 5.11 Å². The number of carbonyl (C=O) groups is 2. The van der Waals surface area contributed by atoms with Crippen molar-refractivity contribution in [1.82, 2.24) is 15.5 Å². The number of amides is 2. The lowest BCUT2D eigenvalue weighted by molar-refractivity contribution is -0.139. The Labute approximate surface area is 120 Å². The third-order valence-electron chi connectivity index (χ3n) is 3.48. The number of aliphatic carboxylic acids is 1. The molecule has 3 N–H and O–H groups in total. The minimum Gasteiger partial charge on any atom is -0.480 e. The molecule has 114 valence electrons. The Balaban J connectivity index is 2.22. The molecule has 0 heterocycles. The Bertz CT molecular complexity index is 372. The second-order valence-electron chi connectivity index (χ2n) is 5.41. The van der Waals surface area contributed by atoms with Gasteiger partial charge in [0.1, 0.15) is 0 Å². The first-order chi connectivity index (χ1) is 9.42. The fraction of sp³-hybridized carbons (Fsp3) is 0.714. The third kappa shape index (κ3) is 5.61. The van der Waals surface area contributed by atoms with Crippen LogP contribution in [0.2, 0.25) is 0 Å². The molecule has 1 aliphatic rings. The summed E-state index contributed by atoms with van der Waals surface area (Å²) in [5.74, 6) is -0.803. The number of nitrogens with one attached hydrogen (secondary N) is 2. The predicted molar refractivity (Wildman–Crippen MR) is 77.7 cm³/mol. The summed E-state index contributed by atoms with van der Waals surface area (Å²) in [5.41, 5.74) is 1.17. The normalized spacial score (nSPS) is 21.0. The smallest absolute Gasteiger partial charge is 0.317 e. The Morgan fingerprint density at radius 1 is 1.35 bits per heavy atom. The summed E-state index contributed by atoms with van der Waals surface area (Å²) >= 11 is 0. The lowest BCUT2D eigenvalue weighted by Gasteiger charge is -2.42. The Morgan fingerprint density at radius 2 is 2.00 bits per heavy atom. The highest BCUT2D eigenvalue weighted by molar-refractivity contribution is 5.74. The van der Waals surface area contributed by atoms with Gasteiger partial charge < -0.3 is 15.7 Å². The zero-order valence-electron chi connectivity index (χ0n) is 12.5. The van der Waals surface area contributed by atoms with Gasteiger partial charge in [-0.25, -0.2) is 4.79 Å². The van der Waals surface area contributed by atoms with Crippen molar-refractivity contribution in [3.05, 3.63) is 11.6 Å². The van der Waals surface area contributed by atoms with Crippen LogP contribution in [0.15, 0.2) is 11.6 Å². The highest BCUT2D eigenvalue weighted by Crippen LogP contribution is 2.25. The minimum atomic E-state index is -0.803. The molecule has 0 aliphatic heterocycles. The molecule has 6 nitrogen and oxygen atoms in total. The van der Waals surface area contributed by atoms with Crippen molar-refractivity contribution in [2.24, 2.45) is 0 Å². The van der Waals surface area contributed by atoms with E-state index in [0.717, 1.165) is 19.4 Å². The van der Waals surface area contributed by atoms with Crippen LogP contribution >= 0.6 is 0 Å². The van der Waals surface area contributed by atoms with Gasteiger partial charge in [0.05, 0.1) is 6.54 Å². The molecule has 0 unspecified atom stereocenters. The van der Waals surface area contributed by atoms with Crippen LogP contribution in [0, 0.1) is 0 Å². The second-order valence-corrected chi connectivity index (χ2v) is 5.41. The summed E-state index contributed by atoms with van der Waals surface area (Å²) in [6, 6.07) is 0.251. The van der Waals surface area contributed by atoms with Gasteiger partial charge in [0.25, 0.3) is 0 Å². The maximum atomic E-state index is 11.6. The summed E-state index contributed by atoms with van der Waals surface area (Å²) in [6.07, 6.45) is 3.59. The van der Waals surface area contributed by atoms with Crippen molar-refractivity contribution in [2.45, 2.75) is 45.7 Å². The Morgan fingerprint density at radius 3 is 2.50 bits per heavy atom. The molecule has 1 fully saturated rings. The van der Waals surface area contributed by atoms with Gasteiger partial charge >= 0.3 is 12.0 Å². The lowest BCUT2D eigenvalue weighted by atomic mass is 9.85. The number of hydrogen-bond acceptors (Lipinski definition) is 3. The van der Waals surface area contributed by atoms with E-state index in [1.54, 1.807) is 0 Å². The zero-order chi connectivity index (χ0) is 15.1. The molecule has 0 bridgehead atoms. The topological polar surface area (TPSA) is 81.7 Å². The number of nitrogens with zero attached hydrogens (tertiary/aromatic N) is 1. The first-order valence-electron chi connectivity index (χ1n) is 7.06. The third-order valence-corrected chi connectivity index (χ3v) is 3.48.